The molecule has 232 valence electrons. The van der Waals surface area contributed by atoms with Gasteiger partial charge in [-0.25, -0.2) is 0 Å². The van der Waals surface area contributed by atoms with Crippen molar-refractivity contribution in [3.8, 4) is 22.3 Å². The molecule has 2 atom stereocenters. The first kappa shape index (κ1) is 29.6. The second-order valence-electron chi connectivity index (χ2n) is 16.1. The molecule has 2 saturated carbocycles. The summed E-state index contributed by atoms with van der Waals surface area (Å²) in [5, 5.41) is 4.06. The van der Waals surface area contributed by atoms with E-state index in [1.165, 1.54) is 84.7 Å². The summed E-state index contributed by atoms with van der Waals surface area (Å²) >= 11 is -3.12. The molecule has 1 aliphatic heterocycles. The van der Waals surface area contributed by atoms with E-state index in [-0.39, 0.29) is 0 Å². The predicted molar refractivity (Wildman–Crippen MR) is 197 cm³/mol. The fourth-order valence-corrected chi connectivity index (χ4v) is 45.4. The van der Waals surface area contributed by atoms with Crippen molar-refractivity contribution >= 4 is 20.2 Å². The molecule has 0 N–H and O–H groups in total. The van der Waals surface area contributed by atoms with Crippen molar-refractivity contribution in [3.05, 3.63) is 129 Å². The van der Waals surface area contributed by atoms with Crippen molar-refractivity contribution < 1.29 is 20.0 Å². The molecule has 4 aliphatic carbocycles. The molecular formula is C44H48HfSi. The number of benzene rings is 4. The molecule has 0 radical (unpaired) electrons. The average molecular weight is 783 g/mol. The zero-order valence-electron chi connectivity index (χ0n) is 28.2. The van der Waals surface area contributed by atoms with E-state index in [9.17, 15) is 0 Å². The Hall–Kier alpha value is -2.55. The Labute approximate surface area is 282 Å². The number of aryl methyl sites for hydroxylation is 2. The first-order chi connectivity index (χ1) is 22.4. The van der Waals surface area contributed by atoms with Crippen LogP contribution in [0.1, 0.15) is 92.1 Å². The molecule has 3 fully saturated rings. The zero-order valence-corrected chi connectivity index (χ0v) is 32.8. The molecule has 46 heavy (non-hydrogen) atoms. The Bertz CT molecular complexity index is 1760. The van der Waals surface area contributed by atoms with Gasteiger partial charge in [-0.2, -0.15) is 0 Å². The molecule has 0 spiro atoms. The molecule has 0 aromatic heterocycles. The van der Waals surface area contributed by atoms with Gasteiger partial charge in [-0.05, 0) is 0 Å². The van der Waals surface area contributed by atoms with Gasteiger partial charge in [-0.15, -0.1) is 0 Å². The van der Waals surface area contributed by atoms with Crippen LogP contribution in [0.25, 0.3) is 34.4 Å². The number of hydrogen-bond donors (Lipinski definition) is 0. The summed E-state index contributed by atoms with van der Waals surface area (Å²) in [6, 6.07) is 33.6. The van der Waals surface area contributed by atoms with Gasteiger partial charge in [0.2, 0.25) is 0 Å². The summed E-state index contributed by atoms with van der Waals surface area (Å²) < 4.78 is 7.17. The van der Waals surface area contributed by atoms with Crippen LogP contribution >= 0.6 is 0 Å². The van der Waals surface area contributed by atoms with E-state index in [0.717, 1.165) is 18.4 Å². The number of hydrogen-bond acceptors (Lipinski definition) is 0. The van der Waals surface area contributed by atoms with E-state index in [1.54, 1.807) is 22.3 Å². The number of fused-ring (bicyclic) bond motifs is 6. The maximum atomic E-state index is 2.89. The molecule has 4 aromatic carbocycles. The Kier molecular flexibility index (Phi) is 7.07. The van der Waals surface area contributed by atoms with E-state index >= 15 is 0 Å². The molecule has 0 nitrogen and oxygen atoms in total. The molecule has 4 aromatic rings. The topological polar surface area (TPSA) is 0 Å². The molecule has 2 heteroatoms. The zero-order chi connectivity index (χ0) is 31.2. The number of allylic oxidation sites excluding steroid dienone is 2. The standard InChI is InChI=1S/C42H42Si.2CH3.Hf/c1-29-17-21-31(22-18-29)39-15-7-9-33-25-37(27-41(33)39)43(35-11-3-4-12-35,36-13-5-6-14-36)38-26-34-10-8-16-40(42(34)28-38)32-23-19-30(2)20-24-32;;;/h7-10,15-28,35-36H,3-6,11-14H2,1-2H3;2*1H3;. The normalized spacial score (nSPS) is 24.3. The summed E-state index contributed by atoms with van der Waals surface area (Å²) in [4.78, 5) is 0. The minimum absolute atomic E-state index is 0.719. The fraction of sp³-hybridized carbons (Fsp3) is 0.364. The fourth-order valence-electron chi connectivity index (χ4n) is 11.5. The van der Waals surface area contributed by atoms with Gasteiger partial charge < -0.3 is 0 Å². The monoisotopic (exact) mass is 784 g/mol. The van der Waals surface area contributed by atoms with Crippen LogP contribution in [0.5, 0.6) is 0 Å². The third-order valence-electron chi connectivity index (χ3n) is 13.3. The van der Waals surface area contributed by atoms with E-state index in [4.69, 9.17) is 0 Å². The van der Waals surface area contributed by atoms with Gasteiger partial charge >= 0.3 is 284 Å². The third kappa shape index (κ3) is 4.17. The summed E-state index contributed by atoms with van der Waals surface area (Å²) in [6.07, 6.45) is 17.4. The van der Waals surface area contributed by atoms with Crippen LogP contribution in [0.15, 0.2) is 95.3 Å². The van der Waals surface area contributed by atoms with Crippen molar-refractivity contribution in [2.75, 3.05) is 0 Å². The third-order valence-corrected chi connectivity index (χ3v) is 37.0. The minimum atomic E-state index is -3.12. The molecule has 2 unspecified atom stereocenters. The van der Waals surface area contributed by atoms with Gasteiger partial charge in [-0.3, -0.25) is 0 Å². The first-order valence-corrected chi connectivity index (χ1v) is 31.7. The van der Waals surface area contributed by atoms with E-state index < -0.39 is 28.0 Å². The molecular weight excluding hydrogens is 735 g/mol. The Morgan fingerprint density at radius 1 is 0.522 bits per heavy atom. The van der Waals surface area contributed by atoms with Crippen LogP contribution in [0.2, 0.25) is 20.4 Å². The van der Waals surface area contributed by atoms with Gasteiger partial charge in [-0.1, -0.05) is 0 Å². The quantitative estimate of drug-likeness (QED) is 0.181. The van der Waals surface area contributed by atoms with Crippen LogP contribution in [-0.4, -0.2) is 8.07 Å². The average Bonchev–Trinajstić information content (AvgIpc) is 3.88. The van der Waals surface area contributed by atoms with Gasteiger partial charge in [0.15, 0.2) is 0 Å². The van der Waals surface area contributed by atoms with Crippen molar-refractivity contribution in [2.45, 2.75) is 93.0 Å². The SMILES string of the molecule is Cc1ccc(-c2cccc3c2C=C2[CH]3[Hf]([CH3])([CH3])[CH]3C(=Cc4c(-c5ccc(C)cc5)cccc43)[Si]2(C2CCCC2)C2CCCC2)cc1. The van der Waals surface area contributed by atoms with Crippen molar-refractivity contribution in [1.82, 2.24) is 0 Å². The summed E-state index contributed by atoms with van der Waals surface area (Å²) in [6.45, 7) is 4.43. The molecule has 1 heterocycles. The first-order valence-electron chi connectivity index (χ1n) is 18.2. The molecule has 9 rings (SSSR count). The van der Waals surface area contributed by atoms with Gasteiger partial charge in [0.25, 0.3) is 0 Å². The van der Waals surface area contributed by atoms with Crippen molar-refractivity contribution in [2.24, 2.45) is 0 Å². The van der Waals surface area contributed by atoms with Crippen LogP contribution in [0, 0.1) is 13.8 Å². The number of rotatable bonds is 4. The van der Waals surface area contributed by atoms with Crippen LogP contribution in [-0.2, 0) is 20.0 Å². The van der Waals surface area contributed by atoms with Crippen LogP contribution in [0.3, 0.4) is 0 Å². The second kappa shape index (κ2) is 11.0. The molecule has 0 bridgehead atoms. The van der Waals surface area contributed by atoms with Crippen LogP contribution < -0.4 is 0 Å². The van der Waals surface area contributed by atoms with Crippen molar-refractivity contribution in [3.63, 3.8) is 0 Å². The molecule has 0 amide bonds. The van der Waals surface area contributed by atoms with E-state index in [1.807, 2.05) is 10.4 Å². The van der Waals surface area contributed by atoms with Gasteiger partial charge in [0.1, 0.15) is 0 Å². The van der Waals surface area contributed by atoms with Gasteiger partial charge in [0, 0.05) is 0 Å². The van der Waals surface area contributed by atoms with Gasteiger partial charge in [0.05, 0.1) is 0 Å². The summed E-state index contributed by atoms with van der Waals surface area (Å²) in [5.41, 5.74) is 16.9. The Balaban J connectivity index is 1.33. The summed E-state index contributed by atoms with van der Waals surface area (Å²) in [5.74, 6) is 0. The Morgan fingerprint density at radius 2 is 0.913 bits per heavy atom. The van der Waals surface area contributed by atoms with Crippen molar-refractivity contribution in [1.29, 1.82) is 0 Å². The molecule has 1 saturated heterocycles. The summed E-state index contributed by atoms with van der Waals surface area (Å²) in [7, 11) is -2.05. The van der Waals surface area contributed by atoms with E-state index in [0.29, 0.717) is 0 Å². The van der Waals surface area contributed by atoms with E-state index in [2.05, 4.69) is 120 Å². The Morgan fingerprint density at radius 3 is 1.30 bits per heavy atom. The van der Waals surface area contributed by atoms with Crippen LogP contribution in [0.4, 0.5) is 0 Å². The predicted octanol–water partition coefficient (Wildman–Crippen LogP) is 12.9. The maximum absolute atomic E-state index is 3.12. The molecule has 5 aliphatic rings. The second-order valence-corrected chi connectivity index (χ2v) is 37.8.